The number of benzene rings is 1. The van der Waals surface area contributed by atoms with E-state index >= 15 is 0 Å². The highest BCUT2D eigenvalue weighted by atomic mass is 16.5. The Bertz CT molecular complexity index is 730. The number of ether oxygens (including phenoxy) is 1. The summed E-state index contributed by atoms with van der Waals surface area (Å²) in [6.07, 6.45) is 1.73. The van der Waals surface area contributed by atoms with Gasteiger partial charge in [-0.05, 0) is 23.8 Å². The molecule has 136 valence electrons. The number of urea groups is 1. The average molecular weight is 355 g/mol. The lowest BCUT2D eigenvalue weighted by Gasteiger charge is -2.27. The molecule has 2 aromatic rings. The zero-order valence-corrected chi connectivity index (χ0v) is 14.3. The van der Waals surface area contributed by atoms with Crippen LogP contribution in [-0.2, 0) is 11.3 Å². The van der Waals surface area contributed by atoms with Crippen LogP contribution < -0.4 is 21.1 Å². The van der Waals surface area contributed by atoms with Crippen LogP contribution in [0.3, 0.4) is 0 Å². The van der Waals surface area contributed by atoms with E-state index in [0.717, 1.165) is 24.5 Å². The van der Waals surface area contributed by atoms with E-state index in [-0.39, 0.29) is 5.91 Å². The summed E-state index contributed by atoms with van der Waals surface area (Å²) < 4.78 is 5.32. The summed E-state index contributed by atoms with van der Waals surface area (Å²) in [5.74, 6) is 0.522. The lowest BCUT2D eigenvalue weighted by molar-refractivity contribution is 0.0936. The molecule has 1 aliphatic heterocycles. The Kier molecular flexibility index (Phi) is 6.00. The van der Waals surface area contributed by atoms with E-state index in [1.54, 1.807) is 30.5 Å². The molecule has 8 nitrogen and oxygen atoms in total. The van der Waals surface area contributed by atoms with E-state index < -0.39 is 6.03 Å². The zero-order chi connectivity index (χ0) is 18.2. The first kappa shape index (κ1) is 17.7. The summed E-state index contributed by atoms with van der Waals surface area (Å²) in [5.41, 5.74) is 6.01. The summed E-state index contributed by atoms with van der Waals surface area (Å²) >= 11 is 0. The lowest BCUT2D eigenvalue weighted by Crippen LogP contribution is -2.46. The standard InChI is InChI=1S/C18H21N5O3/c24-17(15-4-2-1-3-5-15)21-22-18(25)20-13-14-6-7-16(19-12-14)23-8-10-26-11-9-23/h1-7,12H,8-11,13H2,(H,21,24)(H2,20,22,25). The van der Waals surface area contributed by atoms with Crippen LogP contribution in [-0.4, -0.2) is 43.2 Å². The van der Waals surface area contributed by atoms with Crippen LogP contribution in [0.2, 0.25) is 0 Å². The van der Waals surface area contributed by atoms with Gasteiger partial charge < -0.3 is 15.0 Å². The smallest absolute Gasteiger partial charge is 0.333 e. The van der Waals surface area contributed by atoms with E-state index in [1.807, 2.05) is 18.2 Å². The van der Waals surface area contributed by atoms with Crippen molar-refractivity contribution in [1.29, 1.82) is 0 Å². The molecule has 0 bridgehead atoms. The fourth-order valence-electron chi connectivity index (χ4n) is 2.50. The fraction of sp³-hybridized carbons (Fsp3) is 0.278. The van der Waals surface area contributed by atoms with Gasteiger partial charge >= 0.3 is 6.03 Å². The quantitative estimate of drug-likeness (QED) is 0.713. The Balaban J connectivity index is 1.42. The van der Waals surface area contributed by atoms with Crippen molar-refractivity contribution in [2.75, 3.05) is 31.2 Å². The van der Waals surface area contributed by atoms with Crippen molar-refractivity contribution in [3.05, 3.63) is 59.8 Å². The predicted molar refractivity (Wildman–Crippen MR) is 96.5 cm³/mol. The van der Waals surface area contributed by atoms with Gasteiger partial charge in [0.2, 0.25) is 0 Å². The Hall–Kier alpha value is -3.13. The van der Waals surface area contributed by atoms with Gasteiger partial charge in [0.25, 0.3) is 5.91 Å². The van der Waals surface area contributed by atoms with Gasteiger partial charge in [0.15, 0.2) is 0 Å². The number of pyridine rings is 1. The molecule has 0 unspecified atom stereocenters. The van der Waals surface area contributed by atoms with Crippen LogP contribution in [0, 0.1) is 0 Å². The fourth-order valence-corrected chi connectivity index (χ4v) is 2.50. The Morgan fingerprint density at radius 1 is 1.04 bits per heavy atom. The Morgan fingerprint density at radius 2 is 1.81 bits per heavy atom. The van der Waals surface area contributed by atoms with Gasteiger partial charge in [-0.25, -0.2) is 15.2 Å². The van der Waals surface area contributed by atoms with Gasteiger partial charge in [-0.1, -0.05) is 24.3 Å². The molecule has 3 N–H and O–H groups in total. The molecule has 26 heavy (non-hydrogen) atoms. The van der Waals surface area contributed by atoms with Gasteiger partial charge in [-0.2, -0.15) is 0 Å². The number of hydrogen-bond acceptors (Lipinski definition) is 5. The van der Waals surface area contributed by atoms with Crippen molar-refractivity contribution in [2.45, 2.75) is 6.54 Å². The number of nitrogens with one attached hydrogen (secondary N) is 3. The van der Waals surface area contributed by atoms with Crippen LogP contribution >= 0.6 is 0 Å². The first-order valence-corrected chi connectivity index (χ1v) is 8.39. The van der Waals surface area contributed by atoms with Gasteiger partial charge in [-0.15, -0.1) is 0 Å². The molecule has 2 heterocycles. The van der Waals surface area contributed by atoms with Crippen LogP contribution in [0.15, 0.2) is 48.7 Å². The lowest BCUT2D eigenvalue weighted by atomic mass is 10.2. The highest BCUT2D eigenvalue weighted by molar-refractivity contribution is 5.95. The van der Waals surface area contributed by atoms with E-state index in [0.29, 0.717) is 25.3 Å². The van der Waals surface area contributed by atoms with Gasteiger partial charge in [0.1, 0.15) is 5.82 Å². The summed E-state index contributed by atoms with van der Waals surface area (Å²) in [5, 5.41) is 2.67. The minimum atomic E-state index is -0.494. The maximum atomic E-state index is 11.8. The maximum Gasteiger partial charge on any atom is 0.333 e. The van der Waals surface area contributed by atoms with Crippen molar-refractivity contribution >= 4 is 17.8 Å². The summed E-state index contributed by atoms with van der Waals surface area (Å²) in [6.45, 7) is 3.38. The molecule has 1 aromatic carbocycles. The number of nitrogens with zero attached hydrogens (tertiary/aromatic N) is 2. The normalized spacial score (nSPS) is 13.8. The predicted octanol–water partition coefficient (Wildman–Crippen LogP) is 1.06. The minimum absolute atomic E-state index is 0.309. The third-order valence-electron chi connectivity index (χ3n) is 3.92. The monoisotopic (exact) mass is 355 g/mol. The second-order valence-electron chi connectivity index (χ2n) is 5.75. The zero-order valence-electron chi connectivity index (χ0n) is 14.3. The number of rotatable bonds is 4. The molecule has 1 aromatic heterocycles. The van der Waals surface area contributed by atoms with E-state index in [9.17, 15) is 9.59 Å². The SMILES string of the molecule is O=C(NCc1ccc(N2CCOCC2)nc1)NNC(=O)c1ccccc1. The number of anilines is 1. The number of hydrogen-bond donors (Lipinski definition) is 3. The second-order valence-corrected chi connectivity index (χ2v) is 5.75. The van der Waals surface area contributed by atoms with Crippen molar-refractivity contribution < 1.29 is 14.3 Å². The van der Waals surface area contributed by atoms with Crippen LogP contribution in [0.4, 0.5) is 10.6 Å². The first-order valence-electron chi connectivity index (χ1n) is 8.39. The molecule has 3 amide bonds. The highest BCUT2D eigenvalue weighted by Crippen LogP contribution is 2.12. The summed E-state index contributed by atoms with van der Waals surface area (Å²) in [7, 11) is 0. The van der Waals surface area contributed by atoms with Crippen LogP contribution in [0.25, 0.3) is 0 Å². The number of hydrazine groups is 1. The van der Waals surface area contributed by atoms with Crippen LogP contribution in [0.1, 0.15) is 15.9 Å². The molecule has 0 radical (unpaired) electrons. The molecule has 0 atom stereocenters. The van der Waals surface area contributed by atoms with E-state index in [1.165, 1.54) is 0 Å². The molecule has 0 saturated carbocycles. The Labute approximate surface area is 151 Å². The van der Waals surface area contributed by atoms with Crippen molar-refractivity contribution in [2.24, 2.45) is 0 Å². The number of aromatic nitrogens is 1. The van der Waals surface area contributed by atoms with Gasteiger partial charge in [0, 0.05) is 31.4 Å². The first-order chi connectivity index (χ1) is 12.7. The molecule has 1 fully saturated rings. The van der Waals surface area contributed by atoms with Crippen molar-refractivity contribution in [3.63, 3.8) is 0 Å². The number of carbonyl (C=O) groups is 2. The molecule has 1 saturated heterocycles. The number of morpholine rings is 1. The molecule has 1 aliphatic rings. The molecule has 3 rings (SSSR count). The third-order valence-corrected chi connectivity index (χ3v) is 3.92. The Morgan fingerprint density at radius 3 is 2.50 bits per heavy atom. The molecular formula is C18H21N5O3. The van der Waals surface area contributed by atoms with Crippen molar-refractivity contribution in [3.8, 4) is 0 Å². The molecule has 0 spiro atoms. The molecular weight excluding hydrogens is 334 g/mol. The van der Waals surface area contributed by atoms with E-state index in [2.05, 4.69) is 26.1 Å². The average Bonchev–Trinajstić information content (AvgIpc) is 2.72. The molecule has 0 aliphatic carbocycles. The highest BCUT2D eigenvalue weighted by Gasteiger charge is 2.12. The van der Waals surface area contributed by atoms with E-state index in [4.69, 9.17) is 4.74 Å². The van der Waals surface area contributed by atoms with Gasteiger partial charge in [-0.3, -0.25) is 10.2 Å². The maximum absolute atomic E-state index is 11.8. The second kappa shape index (κ2) is 8.82. The third kappa shape index (κ3) is 4.93. The summed E-state index contributed by atoms with van der Waals surface area (Å²) in [6, 6.07) is 12.0. The topological polar surface area (TPSA) is 95.6 Å². The van der Waals surface area contributed by atoms with Gasteiger partial charge in [0.05, 0.1) is 13.2 Å². The minimum Gasteiger partial charge on any atom is -0.378 e. The van der Waals surface area contributed by atoms with Crippen LogP contribution in [0.5, 0.6) is 0 Å². The number of amides is 3. The largest absolute Gasteiger partial charge is 0.378 e. The van der Waals surface area contributed by atoms with Crippen molar-refractivity contribution in [1.82, 2.24) is 21.2 Å². The number of carbonyl (C=O) groups excluding carboxylic acids is 2. The summed E-state index contributed by atoms with van der Waals surface area (Å²) in [4.78, 5) is 30.2. The molecule has 8 heteroatoms.